The zero-order valence-corrected chi connectivity index (χ0v) is 18.6. The number of rotatable bonds is 5. The molecular weight excluding hydrogens is 477 g/mol. The van der Waals surface area contributed by atoms with E-state index in [1.165, 1.54) is 5.56 Å². The fraction of sp³-hybridized carbons (Fsp3) is 0.368. The first-order valence-corrected chi connectivity index (χ1v) is 9.03. The Morgan fingerprint density at radius 1 is 1.33 bits per heavy atom. The number of benzene rings is 1. The summed E-state index contributed by atoms with van der Waals surface area (Å²) in [5, 5.41) is 7.52. The molecule has 0 amide bonds. The monoisotopic (exact) mass is 501 g/mol. The number of hydrogen-bond acceptors (Lipinski definition) is 4. The van der Waals surface area contributed by atoms with Crippen molar-refractivity contribution >= 4 is 47.4 Å². The second-order valence-electron chi connectivity index (χ2n) is 6.16. The van der Waals surface area contributed by atoms with Crippen LogP contribution in [0.4, 0.5) is 5.82 Å². The van der Waals surface area contributed by atoms with Crippen LogP contribution in [0.15, 0.2) is 47.6 Å². The summed E-state index contributed by atoms with van der Waals surface area (Å²) in [6.07, 6.45) is 2.79. The summed E-state index contributed by atoms with van der Waals surface area (Å²) in [6.45, 7) is 2.47. The quantitative estimate of drug-likeness (QED) is 0.374. The third kappa shape index (κ3) is 5.87. The fourth-order valence-corrected chi connectivity index (χ4v) is 3.24. The zero-order chi connectivity index (χ0) is 18.4. The third-order valence-corrected chi connectivity index (χ3v) is 4.71. The Hall–Kier alpha value is -1.74. The van der Waals surface area contributed by atoms with Crippen LogP contribution < -0.4 is 20.3 Å². The number of nitrogens with zero attached hydrogens (tertiary/aromatic N) is 3. The molecule has 8 heteroatoms. The van der Waals surface area contributed by atoms with Crippen LogP contribution in [0.3, 0.4) is 0 Å². The van der Waals surface area contributed by atoms with Gasteiger partial charge in [-0.15, -0.1) is 24.0 Å². The molecule has 2 aromatic rings. The van der Waals surface area contributed by atoms with E-state index >= 15 is 0 Å². The van der Waals surface area contributed by atoms with Crippen molar-refractivity contribution in [2.45, 2.75) is 19.0 Å². The third-order valence-electron chi connectivity index (χ3n) is 4.41. The van der Waals surface area contributed by atoms with Crippen molar-refractivity contribution in [3.63, 3.8) is 0 Å². The maximum absolute atomic E-state index is 6.25. The summed E-state index contributed by atoms with van der Waals surface area (Å²) in [6, 6.07) is 12.0. The van der Waals surface area contributed by atoms with E-state index in [-0.39, 0.29) is 24.0 Å². The van der Waals surface area contributed by atoms with Gasteiger partial charge in [-0.2, -0.15) is 0 Å². The van der Waals surface area contributed by atoms with Crippen LogP contribution in [-0.2, 0) is 6.54 Å². The highest BCUT2D eigenvalue weighted by Crippen LogP contribution is 2.25. The van der Waals surface area contributed by atoms with Crippen molar-refractivity contribution in [1.29, 1.82) is 0 Å². The van der Waals surface area contributed by atoms with E-state index in [0.29, 0.717) is 17.6 Å². The zero-order valence-electron chi connectivity index (χ0n) is 15.5. The Morgan fingerprint density at radius 2 is 2.11 bits per heavy atom. The molecule has 6 nitrogen and oxygen atoms in total. The van der Waals surface area contributed by atoms with Gasteiger partial charge >= 0.3 is 0 Å². The molecular formula is C19H25ClIN5O. The number of methoxy groups -OCH3 is 1. The summed E-state index contributed by atoms with van der Waals surface area (Å²) in [5.74, 6) is 2.50. The SMILES string of the molecule is CN=C(NCc1ccc(OC)cc1)NC1CCN(c2ncccc2Cl)C1.I. The number of halogens is 2. The van der Waals surface area contributed by atoms with Gasteiger partial charge in [-0.1, -0.05) is 23.7 Å². The Labute approximate surface area is 182 Å². The minimum atomic E-state index is 0. The predicted molar refractivity (Wildman–Crippen MR) is 122 cm³/mol. The molecule has 0 spiro atoms. The largest absolute Gasteiger partial charge is 0.497 e. The smallest absolute Gasteiger partial charge is 0.191 e. The van der Waals surface area contributed by atoms with Gasteiger partial charge in [-0.05, 0) is 36.2 Å². The molecule has 146 valence electrons. The van der Waals surface area contributed by atoms with Crippen molar-refractivity contribution in [1.82, 2.24) is 15.6 Å². The van der Waals surface area contributed by atoms with Gasteiger partial charge in [-0.3, -0.25) is 4.99 Å². The van der Waals surface area contributed by atoms with Crippen LogP contribution >= 0.6 is 35.6 Å². The van der Waals surface area contributed by atoms with E-state index in [2.05, 4.69) is 25.5 Å². The van der Waals surface area contributed by atoms with Gasteiger partial charge in [-0.25, -0.2) is 4.98 Å². The highest BCUT2D eigenvalue weighted by atomic mass is 127. The Kier molecular flexibility index (Phi) is 8.43. The molecule has 1 aliphatic heterocycles. The molecule has 0 radical (unpaired) electrons. The van der Waals surface area contributed by atoms with Crippen molar-refractivity contribution in [3.8, 4) is 5.75 Å². The van der Waals surface area contributed by atoms with Crippen molar-refractivity contribution in [3.05, 3.63) is 53.2 Å². The van der Waals surface area contributed by atoms with Gasteiger partial charge < -0.3 is 20.3 Å². The summed E-state index contributed by atoms with van der Waals surface area (Å²) < 4.78 is 5.18. The van der Waals surface area contributed by atoms with Crippen LogP contribution in [0.2, 0.25) is 5.02 Å². The molecule has 1 aliphatic rings. The fourth-order valence-electron chi connectivity index (χ4n) is 3.00. The molecule has 1 fully saturated rings. The van der Waals surface area contributed by atoms with Crippen LogP contribution in [0.5, 0.6) is 5.75 Å². The van der Waals surface area contributed by atoms with E-state index < -0.39 is 0 Å². The van der Waals surface area contributed by atoms with Gasteiger partial charge in [0.25, 0.3) is 0 Å². The van der Waals surface area contributed by atoms with Gasteiger partial charge in [0.15, 0.2) is 5.96 Å². The van der Waals surface area contributed by atoms with Crippen LogP contribution in [0, 0.1) is 0 Å². The minimum Gasteiger partial charge on any atom is -0.497 e. The normalized spacial score (nSPS) is 16.6. The number of nitrogens with one attached hydrogen (secondary N) is 2. The average molecular weight is 502 g/mol. The topological polar surface area (TPSA) is 61.8 Å². The lowest BCUT2D eigenvalue weighted by atomic mass is 10.2. The number of pyridine rings is 1. The molecule has 1 atom stereocenters. The minimum absolute atomic E-state index is 0. The first kappa shape index (κ1) is 21.6. The van der Waals surface area contributed by atoms with E-state index in [4.69, 9.17) is 16.3 Å². The van der Waals surface area contributed by atoms with Gasteiger partial charge in [0.2, 0.25) is 0 Å². The lowest BCUT2D eigenvalue weighted by molar-refractivity contribution is 0.414. The highest BCUT2D eigenvalue weighted by molar-refractivity contribution is 14.0. The molecule has 0 aliphatic carbocycles. The van der Waals surface area contributed by atoms with E-state index in [9.17, 15) is 0 Å². The molecule has 1 saturated heterocycles. The van der Waals surface area contributed by atoms with Crippen LogP contribution in [-0.4, -0.2) is 44.2 Å². The van der Waals surface area contributed by atoms with E-state index in [1.54, 1.807) is 20.4 Å². The molecule has 1 aromatic heterocycles. The van der Waals surface area contributed by atoms with Gasteiger partial charge in [0.05, 0.1) is 12.1 Å². The van der Waals surface area contributed by atoms with E-state index in [1.807, 2.05) is 36.4 Å². The average Bonchev–Trinajstić information content (AvgIpc) is 3.14. The number of aliphatic imine (C=N–C) groups is 1. The number of hydrogen-bond donors (Lipinski definition) is 2. The summed E-state index contributed by atoms with van der Waals surface area (Å²) >= 11 is 6.25. The summed E-state index contributed by atoms with van der Waals surface area (Å²) in [7, 11) is 3.45. The van der Waals surface area contributed by atoms with Gasteiger partial charge in [0.1, 0.15) is 11.6 Å². The maximum atomic E-state index is 6.25. The first-order valence-electron chi connectivity index (χ1n) is 8.65. The molecule has 2 heterocycles. The van der Waals surface area contributed by atoms with E-state index in [0.717, 1.165) is 37.0 Å². The second kappa shape index (κ2) is 10.6. The number of aromatic nitrogens is 1. The molecule has 2 N–H and O–H groups in total. The molecule has 0 saturated carbocycles. The number of anilines is 1. The Bertz CT molecular complexity index is 756. The van der Waals surface area contributed by atoms with Crippen LogP contribution in [0.25, 0.3) is 0 Å². The Morgan fingerprint density at radius 3 is 2.78 bits per heavy atom. The molecule has 1 unspecified atom stereocenters. The molecule has 3 rings (SSSR count). The second-order valence-corrected chi connectivity index (χ2v) is 6.57. The summed E-state index contributed by atoms with van der Waals surface area (Å²) in [4.78, 5) is 10.9. The first-order chi connectivity index (χ1) is 12.7. The Balaban J connectivity index is 0.00000261. The van der Waals surface area contributed by atoms with Gasteiger partial charge in [0, 0.05) is 38.9 Å². The van der Waals surface area contributed by atoms with Crippen LogP contribution in [0.1, 0.15) is 12.0 Å². The maximum Gasteiger partial charge on any atom is 0.191 e. The van der Waals surface area contributed by atoms with Crippen molar-refractivity contribution in [2.24, 2.45) is 4.99 Å². The predicted octanol–water partition coefficient (Wildman–Crippen LogP) is 3.31. The lowest BCUT2D eigenvalue weighted by Gasteiger charge is -2.20. The molecule has 1 aromatic carbocycles. The number of ether oxygens (including phenoxy) is 1. The molecule has 0 bridgehead atoms. The lowest BCUT2D eigenvalue weighted by Crippen LogP contribution is -2.44. The number of guanidine groups is 1. The summed E-state index contributed by atoms with van der Waals surface area (Å²) in [5.41, 5.74) is 1.17. The molecule has 27 heavy (non-hydrogen) atoms. The highest BCUT2D eigenvalue weighted by Gasteiger charge is 2.25. The van der Waals surface area contributed by atoms with Crippen molar-refractivity contribution in [2.75, 3.05) is 32.1 Å². The standard InChI is InChI=1S/C19H24ClN5O.HI/c1-21-19(23-12-14-5-7-16(26-2)8-6-14)24-15-9-11-25(13-15)18-17(20)4-3-10-22-18;/h3-8,10,15H,9,11-13H2,1-2H3,(H2,21,23,24);1H. The van der Waals surface area contributed by atoms with Crippen molar-refractivity contribution < 1.29 is 4.74 Å².